The van der Waals surface area contributed by atoms with Crippen LogP contribution < -0.4 is 10.5 Å². The van der Waals surface area contributed by atoms with Crippen LogP contribution in [0.1, 0.15) is 6.92 Å². The molecule has 3 N–H and O–H groups in total. The van der Waals surface area contributed by atoms with E-state index >= 15 is 0 Å². The maximum Gasteiger partial charge on any atom is 0.243 e. The predicted molar refractivity (Wildman–Crippen MR) is 74.0 cm³/mol. The van der Waals surface area contributed by atoms with Crippen molar-refractivity contribution in [2.45, 2.75) is 17.9 Å². The molecule has 0 saturated carbocycles. The Morgan fingerprint density at radius 1 is 1.56 bits per heavy atom. The molecule has 1 aromatic rings. The van der Waals surface area contributed by atoms with E-state index in [1.54, 1.807) is 6.92 Å². The van der Waals surface area contributed by atoms with Gasteiger partial charge in [-0.2, -0.15) is 11.8 Å². The summed E-state index contributed by atoms with van der Waals surface area (Å²) in [4.78, 5) is -0.527. The summed E-state index contributed by atoms with van der Waals surface area (Å²) in [6.07, 6.45) is 1.85. The first-order valence-electron chi connectivity index (χ1n) is 5.03. The van der Waals surface area contributed by atoms with E-state index in [-0.39, 0.29) is 16.8 Å². The second-order valence-corrected chi connectivity index (χ2v) is 6.81. The molecule has 0 amide bonds. The summed E-state index contributed by atoms with van der Waals surface area (Å²) in [5, 5.41) is 0.0757. The van der Waals surface area contributed by atoms with Gasteiger partial charge in [-0.15, -0.1) is 0 Å². The Labute approximate surface area is 115 Å². The highest BCUT2D eigenvalue weighted by Gasteiger charge is 2.23. The lowest BCUT2D eigenvalue weighted by Gasteiger charge is -2.14. The number of nitrogen functional groups attached to an aromatic ring is 1. The monoisotopic (exact) mass is 312 g/mol. The lowest BCUT2D eigenvalue weighted by molar-refractivity contribution is 0.551. The molecular formula is C10H14ClFN2O2S2. The largest absolute Gasteiger partial charge is 0.396 e. The first kappa shape index (κ1) is 15.6. The van der Waals surface area contributed by atoms with Crippen LogP contribution in [0.15, 0.2) is 17.0 Å². The molecule has 0 saturated heterocycles. The van der Waals surface area contributed by atoms with Crippen LogP contribution in [0.4, 0.5) is 10.1 Å². The highest BCUT2D eigenvalue weighted by molar-refractivity contribution is 7.98. The van der Waals surface area contributed by atoms with Crippen LogP contribution in [-0.4, -0.2) is 26.5 Å². The van der Waals surface area contributed by atoms with Gasteiger partial charge in [0.05, 0.1) is 5.69 Å². The Bertz CT molecular complexity index is 537. The molecule has 0 radical (unpaired) electrons. The summed E-state index contributed by atoms with van der Waals surface area (Å²) < 4.78 is 40.0. The van der Waals surface area contributed by atoms with Crippen molar-refractivity contribution in [3.05, 3.63) is 23.0 Å². The first-order valence-corrected chi connectivity index (χ1v) is 8.29. The summed E-state index contributed by atoms with van der Waals surface area (Å²) >= 11 is 7.17. The van der Waals surface area contributed by atoms with Gasteiger partial charge in [-0.3, -0.25) is 0 Å². The van der Waals surface area contributed by atoms with Crippen LogP contribution in [0.5, 0.6) is 0 Å². The van der Waals surface area contributed by atoms with Crippen LogP contribution in [0.25, 0.3) is 0 Å². The number of nitrogens with one attached hydrogen (secondary N) is 1. The summed E-state index contributed by atoms with van der Waals surface area (Å²) in [5.74, 6) is -0.403. The molecule has 0 bridgehead atoms. The van der Waals surface area contributed by atoms with Gasteiger partial charge in [0.15, 0.2) is 5.82 Å². The molecule has 0 spiro atoms. The molecule has 1 unspecified atom stereocenters. The van der Waals surface area contributed by atoms with Crippen molar-refractivity contribution >= 4 is 39.1 Å². The second-order valence-electron chi connectivity index (χ2n) is 3.78. The number of benzene rings is 1. The van der Waals surface area contributed by atoms with E-state index < -0.39 is 20.7 Å². The summed E-state index contributed by atoms with van der Waals surface area (Å²) in [7, 11) is -3.96. The van der Waals surface area contributed by atoms with E-state index in [0.717, 1.165) is 6.07 Å². The first-order chi connectivity index (χ1) is 8.27. The lowest BCUT2D eigenvalue weighted by Crippen LogP contribution is -2.34. The molecule has 1 rings (SSSR count). The Hall–Kier alpha value is -0.500. The van der Waals surface area contributed by atoms with E-state index in [1.807, 2.05) is 6.26 Å². The number of rotatable bonds is 5. The number of sulfonamides is 1. The zero-order chi connectivity index (χ0) is 13.9. The van der Waals surface area contributed by atoms with Crippen molar-refractivity contribution in [3.8, 4) is 0 Å². The highest BCUT2D eigenvalue weighted by atomic mass is 35.5. The quantitative estimate of drug-likeness (QED) is 0.817. The van der Waals surface area contributed by atoms with Crippen molar-refractivity contribution in [1.82, 2.24) is 4.72 Å². The van der Waals surface area contributed by atoms with E-state index in [0.29, 0.717) is 5.75 Å². The van der Waals surface area contributed by atoms with Crippen molar-refractivity contribution in [2.75, 3.05) is 17.7 Å². The summed E-state index contributed by atoms with van der Waals surface area (Å²) in [5.41, 5.74) is 5.06. The lowest BCUT2D eigenvalue weighted by atomic mass is 10.3. The summed E-state index contributed by atoms with van der Waals surface area (Å²) in [6, 6.07) is 1.90. The van der Waals surface area contributed by atoms with Gasteiger partial charge in [-0.1, -0.05) is 11.6 Å². The van der Waals surface area contributed by atoms with Crippen molar-refractivity contribution in [2.24, 2.45) is 0 Å². The van der Waals surface area contributed by atoms with Gasteiger partial charge in [-0.25, -0.2) is 17.5 Å². The number of halogens is 2. The molecular weight excluding hydrogens is 299 g/mol. The number of hydrogen-bond acceptors (Lipinski definition) is 4. The van der Waals surface area contributed by atoms with Gasteiger partial charge < -0.3 is 5.73 Å². The molecule has 1 aromatic carbocycles. The zero-order valence-corrected chi connectivity index (χ0v) is 12.3. The van der Waals surface area contributed by atoms with Crippen LogP contribution in [0.3, 0.4) is 0 Å². The fourth-order valence-corrected chi connectivity index (χ4v) is 3.75. The van der Waals surface area contributed by atoms with Crippen molar-refractivity contribution in [3.63, 3.8) is 0 Å². The van der Waals surface area contributed by atoms with Crippen LogP contribution >= 0.6 is 23.4 Å². The normalized spacial score (nSPS) is 13.6. The molecule has 0 aliphatic rings. The van der Waals surface area contributed by atoms with Crippen molar-refractivity contribution in [1.29, 1.82) is 0 Å². The average molecular weight is 313 g/mol. The van der Waals surface area contributed by atoms with Gasteiger partial charge in [-0.05, 0) is 25.3 Å². The molecule has 102 valence electrons. The van der Waals surface area contributed by atoms with Crippen LogP contribution in [0.2, 0.25) is 5.02 Å². The fraction of sp³-hybridized carbons (Fsp3) is 0.400. The van der Waals surface area contributed by atoms with E-state index in [9.17, 15) is 12.8 Å². The molecule has 0 aliphatic heterocycles. The zero-order valence-electron chi connectivity index (χ0n) is 9.91. The Balaban J connectivity index is 3.13. The van der Waals surface area contributed by atoms with Crippen molar-refractivity contribution < 1.29 is 12.8 Å². The topological polar surface area (TPSA) is 72.2 Å². The molecule has 8 heteroatoms. The molecule has 0 aromatic heterocycles. The maximum atomic E-state index is 13.7. The Morgan fingerprint density at radius 3 is 2.72 bits per heavy atom. The Morgan fingerprint density at radius 2 is 2.17 bits per heavy atom. The molecule has 0 aliphatic carbocycles. The minimum absolute atomic E-state index is 0.0757. The third kappa shape index (κ3) is 3.74. The van der Waals surface area contributed by atoms with Crippen LogP contribution in [-0.2, 0) is 10.0 Å². The average Bonchev–Trinajstić information content (AvgIpc) is 2.22. The number of thioether (sulfide) groups is 1. The minimum atomic E-state index is -3.96. The fourth-order valence-electron chi connectivity index (χ4n) is 1.39. The van der Waals surface area contributed by atoms with E-state index in [2.05, 4.69) is 4.72 Å². The molecule has 18 heavy (non-hydrogen) atoms. The third-order valence-corrected chi connectivity index (χ3v) is 4.73. The van der Waals surface area contributed by atoms with E-state index in [4.69, 9.17) is 17.3 Å². The third-order valence-electron chi connectivity index (χ3n) is 2.09. The number of nitrogens with two attached hydrogens (primary N) is 1. The van der Waals surface area contributed by atoms with E-state index in [1.165, 1.54) is 17.8 Å². The summed E-state index contributed by atoms with van der Waals surface area (Å²) in [6.45, 7) is 1.69. The molecule has 1 atom stereocenters. The van der Waals surface area contributed by atoms with Crippen LogP contribution in [0, 0.1) is 5.82 Å². The molecule has 4 nitrogen and oxygen atoms in total. The van der Waals surface area contributed by atoms with Gasteiger partial charge in [0.25, 0.3) is 0 Å². The number of anilines is 1. The van der Waals surface area contributed by atoms with Gasteiger partial charge in [0.1, 0.15) is 4.90 Å². The predicted octanol–water partition coefficient (Wildman–Crippen LogP) is 2.09. The molecule has 0 heterocycles. The number of hydrogen-bond donors (Lipinski definition) is 2. The highest BCUT2D eigenvalue weighted by Crippen LogP contribution is 2.25. The SMILES string of the molecule is CSCC(C)NS(=O)(=O)c1cc(Cl)cc(N)c1F. The Kier molecular flexibility index (Phi) is 5.27. The van der Waals surface area contributed by atoms with Gasteiger partial charge >= 0.3 is 0 Å². The second kappa shape index (κ2) is 6.10. The smallest absolute Gasteiger partial charge is 0.243 e. The van der Waals surface area contributed by atoms with Gasteiger partial charge in [0, 0.05) is 16.8 Å². The van der Waals surface area contributed by atoms with Gasteiger partial charge in [0.2, 0.25) is 10.0 Å². The molecule has 0 fully saturated rings. The standard InChI is InChI=1S/C10H14ClFN2O2S2/c1-6(5-17-2)14-18(15,16)9-4-7(11)3-8(13)10(9)12/h3-4,6,14H,5,13H2,1-2H3. The minimum Gasteiger partial charge on any atom is -0.396 e. The maximum absolute atomic E-state index is 13.7.